The van der Waals surface area contributed by atoms with Gasteiger partial charge >= 0.3 is 0 Å². The minimum Gasteiger partial charge on any atom is -0.338 e. The van der Waals surface area contributed by atoms with Crippen LogP contribution in [0.25, 0.3) is 0 Å². The third kappa shape index (κ3) is 3.30. The highest BCUT2D eigenvalue weighted by Crippen LogP contribution is 2.20. The lowest BCUT2D eigenvalue weighted by Gasteiger charge is -2.24. The van der Waals surface area contributed by atoms with E-state index in [1.807, 2.05) is 19.1 Å². The summed E-state index contributed by atoms with van der Waals surface area (Å²) in [6, 6.07) is 3.70. The van der Waals surface area contributed by atoms with Gasteiger partial charge < -0.3 is 4.90 Å². The van der Waals surface area contributed by atoms with Gasteiger partial charge in [-0.2, -0.15) is 0 Å². The molecule has 7 heteroatoms. The minimum absolute atomic E-state index is 0.0176. The number of carbonyl (C=O) groups is 1. The van der Waals surface area contributed by atoms with Crippen molar-refractivity contribution in [2.45, 2.75) is 31.1 Å². The highest BCUT2D eigenvalue weighted by Gasteiger charge is 2.38. The third-order valence-electron chi connectivity index (χ3n) is 3.37. The number of carbonyl (C=O) groups excluding carboxylic acids is 1. The van der Waals surface area contributed by atoms with Crippen LogP contribution in [0.5, 0.6) is 0 Å². The summed E-state index contributed by atoms with van der Waals surface area (Å²) < 4.78 is 22.6. The quantitative estimate of drug-likeness (QED) is 0.835. The van der Waals surface area contributed by atoms with Gasteiger partial charge in [0.1, 0.15) is 5.25 Å². The van der Waals surface area contributed by atoms with Crippen LogP contribution in [-0.4, -0.2) is 42.0 Å². The molecule has 19 heavy (non-hydrogen) atoms. The second-order valence-electron chi connectivity index (χ2n) is 4.88. The normalized spacial score (nSPS) is 21.7. The second kappa shape index (κ2) is 5.26. The number of hydrogen-bond acceptors (Lipinski definition) is 4. The molecule has 2 rings (SSSR count). The maximum Gasteiger partial charge on any atom is 0.224 e. The van der Waals surface area contributed by atoms with Crippen LogP contribution in [0.4, 0.5) is 0 Å². The van der Waals surface area contributed by atoms with E-state index in [1.54, 1.807) is 17.3 Å². The zero-order valence-electron chi connectivity index (χ0n) is 10.7. The van der Waals surface area contributed by atoms with Gasteiger partial charge in [0.25, 0.3) is 0 Å². The summed E-state index contributed by atoms with van der Waals surface area (Å²) in [7, 11) is -3.65. The maximum absolute atomic E-state index is 11.9. The number of nitrogens with two attached hydrogens (primary N) is 1. The van der Waals surface area contributed by atoms with E-state index in [1.165, 1.54) is 0 Å². The molecule has 0 saturated carbocycles. The van der Waals surface area contributed by atoms with Crippen LogP contribution in [0.1, 0.15) is 18.9 Å². The Morgan fingerprint density at radius 3 is 2.84 bits per heavy atom. The van der Waals surface area contributed by atoms with Gasteiger partial charge in [0, 0.05) is 31.4 Å². The Labute approximate surface area is 112 Å². The van der Waals surface area contributed by atoms with E-state index in [2.05, 4.69) is 4.98 Å². The van der Waals surface area contributed by atoms with Gasteiger partial charge in [-0.05, 0) is 25.0 Å². The smallest absolute Gasteiger partial charge is 0.224 e. The fourth-order valence-corrected chi connectivity index (χ4v) is 3.06. The lowest BCUT2D eigenvalue weighted by Crippen LogP contribution is -2.38. The number of rotatable bonds is 4. The molecule has 2 N–H and O–H groups in total. The molecule has 1 fully saturated rings. The first-order chi connectivity index (χ1) is 8.88. The molecule has 6 nitrogen and oxygen atoms in total. The van der Waals surface area contributed by atoms with Crippen molar-refractivity contribution < 1.29 is 13.2 Å². The molecule has 1 aromatic rings. The van der Waals surface area contributed by atoms with Crippen molar-refractivity contribution in [1.82, 2.24) is 9.88 Å². The van der Waals surface area contributed by atoms with Crippen LogP contribution in [-0.2, 0) is 21.2 Å². The lowest BCUT2D eigenvalue weighted by atomic mass is 10.1. The zero-order chi connectivity index (χ0) is 14.0. The number of nitrogens with zero attached hydrogens (tertiary/aromatic N) is 2. The van der Waals surface area contributed by atoms with Gasteiger partial charge in [0.15, 0.2) is 0 Å². The van der Waals surface area contributed by atoms with E-state index < -0.39 is 15.3 Å². The summed E-state index contributed by atoms with van der Waals surface area (Å²) in [6.07, 6.45) is 4.06. The fraction of sp³-hybridized carbons (Fsp3) is 0.500. The number of hydrogen-bond donors (Lipinski definition) is 1. The molecule has 0 aliphatic carbocycles. The van der Waals surface area contributed by atoms with E-state index in [0.717, 1.165) is 5.56 Å². The molecule has 1 aliphatic rings. The van der Waals surface area contributed by atoms with E-state index >= 15 is 0 Å². The maximum atomic E-state index is 11.9. The predicted octanol–water partition coefficient (Wildman–Crippen LogP) is -0.0980. The van der Waals surface area contributed by atoms with Crippen LogP contribution in [0.3, 0.4) is 0 Å². The molecule has 0 spiro atoms. The van der Waals surface area contributed by atoms with E-state index in [-0.39, 0.29) is 24.9 Å². The second-order valence-corrected chi connectivity index (χ2v) is 6.72. The Kier molecular flexibility index (Phi) is 3.86. The van der Waals surface area contributed by atoms with E-state index in [0.29, 0.717) is 6.42 Å². The van der Waals surface area contributed by atoms with Gasteiger partial charge in [-0.3, -0.25) is 9.78 Å². The molecule has 0 radical (unpaired) electrons. The van der Waals surface area contributed by atoms with Crippen molar-refractivity contribution in [2.24, 2.45) is 5.14 Å². The molecular weight excluding hydrogens is 266 g/mol. The van der Waals surface area contributed by atoms with E-state index in [9.17, 15) is 13.2 Å². The monoisotopic (exact) mass is 283 g/mol. The SMILES string of the molecule is CC(Cc1cccnc1)N1CC(S(N)(=O)=O)CC1=O. The van der Waals surface area contributed by atoms with Crippen LogP contribution in [0.15, 0.2) is 24.5 Å². The van der Waals surface area contributed by atoms with Crippen molar-refractivity contribution in [3.05, 3.63) is 30.1 Å². The van der Waals surface area contributed by atoms with Crippen molar-refractivity contribution in [3.63, 3.8) is 0 Å². The Balaban J connectivity index is 2.04. The third-order valence-corrected chi connectivity index (χ3v) is 4.62. The van der Waals surface area contributed by atoms with Crippen molar-refractivity contribution >= 4 is 15.9 Å². The van der Waals surface area contributed by atoms with Gasteiger partial charge in [-0.15, -0.1) is 0 Å². The number of pyridine rings is 1. The number of aromatic nitrogens is 1. The molecule has 1 saturated heterocycles. The molecule has 0 aromatic carbocycles. The van der Waals surface area contributed by atoms with Gasteiger partial charge in [0.2, 0.25) is 15.9 Å². The first-order valence-corrected chi connectivity index (χ1v) is 7.69. The topological polar surface area (TPSA) is 93.4 Å². The number of likely N-dealkylation sites (tertiary alicyclic amines) is 1. The molecule has 1 aliphatic heterocycles. The highest BCUT2D eigenvalue weighted by molar-refractivity contribution is 7.89. The average Bonchev–Trinajstić information content (AvgIpc) is 2.72. The summed E-state index contributed by atoms with van der Waals surface area (Å²) in [5.74, 6) is -0.157. The Hall–Kier alpha value is -1.47. The molecule has 2 atom stereocenters. The van der Waals surface area contributed by atoms with Crippen molar-refractivity contribution in [1.29, 1.82) is 0 Å². The predicted molar refractivity (Wildman–Crippen MR) is 70.6 cm³/mol. The minimum atomic E-state index is -3.65. The molecule has 2 unspecified atom stereocenters. The molecule has 1 amide bonds. The fourth-order valence-electron chi connectivity index (χ4n) is 2.31. The van der Waals surface area contributed by atoms with Gasteiger partial charge in [-0.25, -0.2) is 13.6 Å². The van der Waals surface area contributed by atoms with Gasteiger partial charge in [-0.1, -0.05) is 6.07 Å². The summed E-state index contributed by atoms with van der Waals surface area (Å²) in [5.41, 5.74) is 1.02. The molecule has 0 bridgehead atoms. The lowest BCUT2D eigenvalue weighted by molar-refractivity contribution is -0.129. The first-order valence-electron chi connectivity index (χ1n) is 6.08. The summed E-state index contributed by atoms with van der Waals surface area (Å²) in [4.78, 5) is 17.5. The van der Waals surface area contributed by atoms with Crippen LogP contribution >= 0.6 is 0 Å². The van der Waals surface area contributed by atoms with Crippen molar-refractivity contribution in [2.75, 3.05) is 6.54 Å². The summed E-state index contributed by atoms with van der Waals surface area (Å²) in [5, 5.41) is 4.32. The Morgan fingerprint density at radius 2 is 2.32 bits per heavy atom. The Bertz CT molecular complexity index is 559. The molecule has 1 aromatic heterocycles. The largest absolute Gasteiger partial charge is 0.338 e. The number of amides is 1. The zero-order valence-corrected chi connectivity index (χ0v) is 11.5. The van der Waals surface area contributed by atoms with Crippen LogP contribution < -0.4 is 5.14 Å². The summed E-state index contributed by atoms with van der Waals surface area (Å²) >= 11 is 0. The molecular formula is C12H17N3O3S. The number of primary sulfonamides is 1. The van der Waals surface area contributed by atoms with Crippen LogP contribution in [0, 0.1) is 0 Å². The summed E-state index contributed by atoms with van der Waals surface area (Å²) in [6.45, 7) is 2.08. The Morgan fingerprint density at radius 1 is 1.58 bits per heavy atom. The van der Waals surface area contributed by atoms with Gasteiger partial charge in [0.05, 0.1) is 0 Å². The van der Waals surface area contributed by atoms with E-state index in [4.69, 9.17) is 5.14 Å². The number of sulfonamides is 1. The standard InChI is InChI=1S/C12H17N3O3S/c1-9(5-10-3-2-4-14-7-10)15-8-11(6-12(15)16)19(13,17)18/h2-4,7,9,11H,5-6,8H2,1H3,(H2,13,17,18). The first kappa shape index (κ1) is 14.0. The molecule has 2 heterocycles. The highest BCUT2D eigenvalue weighted by atomic mass is 32.2. The van der Waals surface area contributed by atoms with Crippen LogP contribution in [0.2, 0.25) is 0 Å². The molecule has 104 valence electrons. The van der Waals surface area contributed by atoms with Crippen molar-refractivity contribution in [3.8, 4) is 0 Å². The average molecular weight is 283 g/mol.